The summed E-state index contributed by atoms with van der Waals surface area (Å²) in [5, 5.41) is 10.3. The molecule has 3 heterocycles. The van der Waals surface area contributed by atoms with Gasteiger partial charge in [-0.05, 0) is 67.7 Å². The van der Waals surface area contributed by atoms with Crippen molar-refractivity contribution in [2.24, 2.45) is 7.05 Å². The van der Waals surface area contributed by atoms with Crippen molar-refractivity contribution >= 4 is 27.9 Å². The highest BCUT2D eigenvalue weighted by molar-refractivity contribution is 5.94. The number of nitrogens with one attached hydrogen (secondary N) is 1. The number of aromatic nitrogens is 3. The highest BCUT2D eigenvalue weighted by Crippen LogP contribution is 2.34. The Labute approximate surface area is 168 Å². The van der Waals surface area contributed by atoms with Crippen LogP contribution in [0.1, 0.15) is 40.5 Å². The van der Waals surface area contributed by atoms with E-state index in [1.165, 1.54) is 11.1 Å². The molecule has 6 heteroatoms. The fourth-order valence-electron chi connectivity index (χ4n) is 4.55. The molecule has 1 aliphatic rings. The van der Waals surface area contributed by atoms with Crippen molar-refractivity contribution in [1.82, 2.24) is 19.4 Å². The molecule has 0 atom stereocenters. The van der Waals surface area contributed by atoms with Gasteiger partial charge < -0.3 is 14.7 Å². The van der Waals surface area contributed by atoms with E-state index in [2.05, 4.69) is 45.9 Å². The Morgan fingerprint density at radius 3 is 2.76 bits per heavy atom. The Morgan fingerprint density at radius 2 is 2.00 bits per heavy atom. The summed E-state index contributed by atoms with van der Waals surface area (Å²) in [4.78, 5) is 21.9. The Hall–Kier alpha value is -3.12. The van der Waals surface area contributed by atoms with Crippen molar-refractivity contribution in [3.63, 3.8) is 0 Å². The molecule has 0 aliphatic carbocycles. The summed E-state index contributed by atoms with van der Waals surface area (Å²) in [7, 11) is 2.09. The first-order chi connectivity index (χ1) is 14.1. The Morgan fingerprint density at radius 1 is 1.21 bits per heavy atom. The van der Waals surface area contributed by atoms with Gasteiger partial charge in [0.05, 0.1) is 23.1 Å². The minimum atomic E-state index is -0.878. The van der Waals surface area contributed by atoms with Gasteiger partial charge in [-0.25, -0.2) is 9.78 Å². The first-order valence-electron chi connectivity index (χ1n) is 10.1. The SMILES string of the molecule is Cn1c(CN2CCC(c3c[nH]c4ccc(C(=O)O)cc34)CC2)nc2ccccc21. The van der Waals surface area contributed by atoms with E-state index in [0.29, 0.717) is 11.5 Å². The molecule has 0 bridgehead atoms. The van der Waals surface area contributed by atoms with E-state index in [1.54, 1.807) is 12.1 Å². The van der Waals surface area contributed by atoms with Crippen LogP contribution in [0.25, 0.3) is 21.9 Å². The van der Waals surface area contributed by atoms with Crippen LogP contribution in [0.4, 0.5) is 0 Å². The second-order valence-corrected chi connectivity index (χ2v) is 7.94. The minimum Gasteiger partial charge on any atom is -0.478 e. The molecular weight excluding hydrogens is 364 g/mol. The van der Waals surface area contributed by atoms with E-state index in [4.69, 9.17) is 4.98 Å². The molecule has 2 aromatic carbocycles. The van der Waals surface area contributed by atoms with Crippen LogP contribution >= 0.6 is 0 Å². The van der Waals surface area contributed by atoms with Crippen LogP contribution in [-0.4, -0.2) is 43.6 Å². The number of carboxylic acids is 1. The zero-order valence-electron chi connectivity index (χ0n) is 16.4. The second-order valence-electron chi connectivity index (χ2n) is 7.94. The number of H-pyrrole nitrogens is 1. The number of carbonyl (C=O) groups is 1. The molecule has 0 amide bonds. The predicted octanol–water partition coefficient (Wildman–Crippen LogP) is 4.13. The molecule has 1 saturated heterocycles. The summed E-state index contributed by atoms with van der Waals surface area (Å²) < 4.78 is 2.19. The normalized spacial score (nSPS) is 16.0. The summed E-state index contributed by atoms with van der Waals surface area (Å²) in [5.74, 6) is 0.670. The number of aromatic amines is 1. The molecular formula is C23H24N4O2. The lowest BCUT2D eigenvalue weighted by molar-refractivity contribution is 0.0697. The average molecular weight is 388 g/mol. The van der Waals surface area contributed by atoms with Gasteiger partial charge in [-0.2, -0.15) is 0 Å². The molecule has 0 radical (unpaired) electrons. The molecule has 1 aliphatic heterocycles. The summed E-state index contributed by atoms with van der Waals surface area (Å²) in [6, 6.07) is 13.6. The van der Waals surface area contributed by atoms with Crippen LogP contribution in [0.5, 0.6) is 0 Å². The van der Waals surface area contributed by atoms with E-state index in [1.807, 2.05) is 12.1 Å². The number of hydrogen-bond donors (Lipinski definition) is 2. The van der Waals surface area contributed by atoms with Crippen molar-refractivity contribution in [3.05, 3.63) is 65.6 Å². The van der Waals surface area contributed by atoms with Crippen LogP contribution in [0, 0.1) is 0 Å². The highest BCUT2D eigenvalue weighted by atomic mass is 16.4. The smallest absolute Gasteiger partial charge is 0.335 e. The fourth-order valence-corrected chi connectivity index (χ4v) is 4.55. The molecule has 148 valence electrons. The molecule has 2 N–H and O–H groups in total. The quantitative estimate of drug-likeness (QED) is 0.551. The molecule has 6 nitrogen and oxygen atoms in total. The Bertz CT molecular complexity index is 1200. The number of imidazole rings is 1. The third-order valence-corrected chi connectivity index (χ3v) is 6.23. The number of nitrogens with zero attached hydrogens (tertiary/aromatic N) is 3. The number of para-hydroxylation sites is 2. The van der Waals surface area contributed by atoms with Crippen LogP contribution in [0.15, 0.2) is 48.7 Å². The number of aromatic carboxylic acids is 1. The number of carboxylic acid groups (broad SMARTS) is 1. The lowest BCUT2D eigenvalue weighted by Gasteiger charge is -2.31. The van der Waals surface area contributed by atoms with E-state index in [-0.39, 0.29) is 0 Å². The van der Waals surface area contributed by atoms with Gasteiger partial charge in [-0.3, -0.25) is 4.90 Å². The number of piperidine rings is 1. The summed E-state index contributed by atoms with van der Waals surface area (Å²) in [6.07, 6.45) is 4.19. The third kappa shape index (κ3) is 3.19. The van der Waals surface area contributed by atoms with Gasteiger partial charge >= 0.3 is 5.97 Å². The average Bonchev–Trinajstić information content (AvgIpc) is 3.30. The zero-order chi connectivity index (χ0) is 20.0. The topological polar surface area (TPSA) is 74.2 Å². The maximum absolute atomic E-state index is 11.3. The van der Waals surface area contributed by atoms with Crippen molar-refractivity contribution in [3.8, 4) is 0 Å². The highest BCUT2D eigenvalue weighted by Gasteiger charge is 2.24. The third-order valence-electron chi connectivity index (χ3n) is 6.23. The summed E-state index contributed by atoms with van der Waals surface area (Å²) in [6.45, 7) is 2.88. The first-order valence-corrected chi connectivity index (χ1v) is 10.1. The maximum Gasteiger partial charge on any atom is 0.335 e. The number of hydrogen-bond acceptors (Lipinski definition) is 3. The van der Waals surface area contributed by atoms with Gasteiger partial charge in [0.15, 0.2) is 0 Å². The molecule has 29 heavy (non-hydrogen) atoms. The number of benzene rings is 2. The van der Waals surface area contributed by atoms with Crippen LogP contribution in [-0.2, 0) is 13.6 Å². The van der Waals surface area contributed by atoms with E-state index < -0.39 is 5.97 Å². The van der Waals surface area contributed by atoms with Gasteiger partial charge in [0, 0.05) is 24.1 Å². The van der Waals surface area contributed by atoms with E-state index in [9.17, 15) is 9.90 Å². The number of aryl methyl sites for hydroxylation is 1. The van der Waals surface area contributed by atoms with Crippen LogP contribution < -0.4 is 0 Å². The van der Waals surface area contributed by atoms with E-state index in [0.717, 1.165) is 54.7 Å². The zero-order valence-corrected chi connectivity index (χ0v) is 16.4. The second kappa shape index (κ2) is 7.04. The van der Waals surface area contributed by atoms with Crippen molar-refractivity contribution in [2.45, 2.75) is 25.3 Å². The summed E-state index contributed by atoms with van der Waals surface area (Å²) >= 11 is 0. The molecule has 0 saturated carbocycles. The van der Waals surface area contributed by atoms with E-state index >= 15 is 0 Å². The Balaban J connectivity index is 1.31. The summed E-state index contributed by atoms with van der Waals surface area (Å²) in [5.41, 5.74) is 4.81. The van der Waals surface area contributed by atoms with Gasteiger partial charge in [0.2, 0.25) is 0 Å². The minimum absolute atomic E-state index is 0.345. The van der Waals surface area contributed by atoms with Gasteiger partial charge in [-0.15, -0.1) is 0 Å². The van der Waals surface area contributed by atoms with Crippen molar-refractivity contribution < 1.29 is 9.90 Å². The molecule has 2 aromatic heterocycles. The van der Waals surface area contributed by atoms with Crippen LogP contribution in [0.2, 0.25) is 0 Å². The van der Waals surface area contributed by atoms with Crippen molar-refractivity contribution in [2.75, 3.05) is 13.1 Å². The van der Waals surface area contributed by atoms with Crippen LogP contribution in [0.3, 0.4) is 0 Å². The Kier molecular flexibility index (Phi) is 4.36. The molecule has 1 fully saturated rings. The van der Waals surface area contributed by atoms with Gasteiger partial charge in [0.25, 0.3) is 0 Å². The van der Waals surface area contributed by atoms with Crippen molar-refractivity contribution in [1.29, 1.82) is 0 Å². The molecule has 0 unspecified atom stereocenters. The molecule has 5 rings (SSSR count). The van der Waals surface area contributed by atoms with Gasteiger partial charge in [-0.1, -0.05) is 12.1 Å². The number of fused-ring (bicyclic) bond motifs is 2. The number of rotatable bonds is 4. The monoisotopic (exact) mass is 388 g/mol. The standard InChI is InChI=1S/C23H24N4O2/c1-26-21-5-3-2-4-20(21)25-22(26)14-27-10-8-15(9-11-27)18-13-24-19-7-6-16(23(28)29)12-17(18)19/h2-7,12-13,15,24H,8-11,14H2,1H3,(H,28,29). The maximum atomic E-state index is 11.3. The lowest BCUT2D eigenvalue weighted by Crippen LogP contribution is -2.33. The fraction of sp³-hybridized carbons (Fsp3) is 0.304. The first kappa shape index (κ1) is 17.9. The molecule has 4 aromatic rings. The largest absolute Gasteiger partial charge is 0.478 e. The lowest BCUT2D eigenvalue weighted by atomic mass is 9.89. The van der Waals surface area contributed by atoms with Gasteiger partial charge in [0.1, 0.15) is 5.82 Å². The predicted molar refractivity (Wildman–Crippen MR) is 113 cm³/mol. The number of likely N-dealkylation sites (tertiary alicyclic amines) is 1. The molecule has 0 spiro atoms.